The molecule has 4 rings (SSSR count). The Morgan fingerprint density at radius 3 is 2.67 bits per heavy atom. The van der Waals surface area contributed by atoms with Crippen molar-refractivity contribution in [3.05, 3.63) is 59.4 Å². The van der Waals surface area contributed by atoms with E-state index in [0.717, 1.165) is 28.0 Å². The summed E-state index contributed by atoms with van der Waals surface area (Å²) in [6.07, 6.45) is 0. The first kappa shape index (κ1) is 14.6. The van der Waals surface area contributed by atoms with E-state index in [4.69, 9.17) is 5.11 Å². The Morgan fingerprint density at radius 2 is 1.92 bits per heavy atom. The van der Waals surface area contributed by atoms with Crippen molar-refractivity contribution in [3.8, 4) is 22.8 Å². The van der Waals surface area contributed by atoms with Crippen molar-refractivity contribution in [2.45, 2.75) is 13.5 Å². The number of aryl methyl sites for hydroxylation is 1. The van der Waals surface area contributed by atoms with E-state index >= 15 is 0 Å². The fraction of sp³-hybridized carbons (Fsp3) is 0.111. The number of nitrogens with one attached hydrogen (secondary N) is 2. The second kappa shape index (κ2) is 5.58. The summed E-state index contributed by atoms with van der Waals surface area (Å²) < 4.78 is 13.7. The molecule has 0 bridgehead atoms. The van der Waals surface area contributed by atoms with Crippen molar-refractivity contribution in [1.82, 2.24) is 20.2 Å². The third-order valence-electron chi connectivity index (χ3n) is 4.03. The van der Waals surface area contributed by atoms with Crippen LogP contribution in [0.5, 0.6) is 0 Å². The maximum atomic E-state index is 13.7. The maximum absolute atomic E-state index is 13.7. The lowest BCUT2D eigenvalue weighted by atomic mass is 10.1. The van der Waals surface area contributed by atoms with Crippen molar-refractivity contribution in [3.63, 3.8) is 0 Å². The second-order valence-electron chi connectivity index (χ2n) is 5.73. The quantitative estimate of drug-likeness (QED) is 0.540. The van der Waals surface area contributed by atoms with E-state index in [9.17, 15) is 4.39 Å². The van der Waals surface area contributed by atoms with Gasteiger partial charge >= 0.3 is 0 Å². The third-order valence-corrected chi connectivity index (χ3v) is 4.03. The zero-order valence-electron chi connectivity index (χ0n) is 13.0. The summed E-state index contributed by atoms with van der Waals surface area (Å²) in [4.78, 5) is 7.60. The first-order valence-corrected chi connectivity index (χ1v) is 7.56. The summed E-state index contributed by atoms with van der Waals surface area (Å²) in [5, 5.41) is 16.4. The summed E-state index contributed by atoms with van der Waals surface area (Å²) in [5.41, 5.74) is 5.23. The largest absolute Gasteiger partial charge is 0.392 e. The number of fused-ring (bicyclic) bond motifs is 1. The topological polar surface area (TPSA) is 77.6 Å². The summed E-state index contributed by atoms with van der Waals surface area (Å²) in [6.45, 7) is 1.74. The first-order chi connectivity index (χ1) is 11.6. The monoisotopic (exact) mass is 322 g/mol. The van der Waals surface area contributed by atoms with Gasteiger partial charge in [-0.05, 0) is 30.2 Å². The van der Waals surface area contributed by atoms with E-state index in [2.05, 4.69) is 20.2 Å². The highest BCUT2D eigenvalue weighted by molar-refractivity contribution is 5.80. The van der Waals surface area contributed by atoms with Crippen LogP contribution in [-0.4, -0.2) is 25.3 Å². The van der Waals surface area contributed by atoms with Crippen LogP contribution in [0.15, 0.2) is 42.5 Å². The molecule has 2 heterocycles. The molecule has 0 aliphatic carbocycles. The molecule has 0 unspecified atom stereocenters. The third kappa shape index (κ3) is 2.47. The van der Waals surface area contributed by atoms with Crippen molar-refractivity contribution in [1.29, 1.82) is 0 Å². The van der Waals surface area contributed by atoms with Gasteiger partial charge in [-0.25, -0.2) is 9.37 Å². The van der Waals surface area contributed by atoms with E-state index in [1.807, 2.05) is 30.3 Å². The number of halogens is 1. The molecule has 0 saturated carbocycles. The molecule has 3 N–H and O–H groups in total. The number of aromatic amines is 2. The Hall–Kier alpha value is -2.99. The molecule has 0 aliphatic rings. The van der Waals surface area contributed by atoms with Crippen LogP contribution in [0, 0.1) is 12.7 Å². The van der Waals surface area contributed by atoms with Crippen molar-refractivity contribution in [2.75, 3.05) is 0 Å². The van der Waals surface area contributed by atoms with Gasteiger partial charge in [0.25, 0.3) is 0 Å². The number of rotatable bonds is 3. The number of nitrogens with zero attached hydrogens (tertiary/aromatic N) is 2. The Bertz CT molecular complexity index is 978. The lowest BCUT2D eigenvalue weighted by Gasteiger charge is -1.98. The van der Waals surface area contributed by atoms with Crippen LogP contribution in [-0.2, 0) is 6.61 Å². The zero-order chi connectivity index (χ0) is 16.7. The first-order valence-electron chi connectivity index (χ1n) is 7.56. The number of imidazole rings is 1. The highest BCUT2D eigenvalue weighted by atomic mass is 19.1. The van der Waals surface area contributed by atoms with Gasteiger partial charge in [0.1, 0.15) is 11.5 Å². The normalized spacial score (nSPS) is 11.3. The van der Waals surface area contributed by atoms with E-state index < -0.39 is 0 Å². The minimum atomic E-state index is -0.269. The lowest BCUT2D eigenvalue weighted by molar-refractivity contribution is 0.282. The summed E-state index contributed by atoms with van der Waals surface area (Å²) in [6, 6.07) is 12.6. The number of hydrogen-bond acceptors (Lipinski definition) is 3. The zero-order valence-corrected chi connectivity index (χ0v) is 13.0. The van der Waals surface area contributed by atoms with Crippen LogP contribution in [0.4, 0.5) is 4.39 Å². The van der Waals surface area contributed by atoms with Crippen LogP contribution < -0.4 is 0 Å². The Labute approximate surface area is 137 Å². The van der Waals surface area contributed by atoms with Crippen molar-refractivity contribution < 1.29 is 9.50 Å². The molecule has 2 aromatic heterocycles. The SMILES string of the molecule is Cc1cc2[nH]c(-c3cc(-c4ccc(CO)cc4)n[nH]3)nc2cc1F. The summed E-state index contributed by atoms with van der Waals surface area (Å²) in [5.74, 6) is 0.343. The van der Waals surface area contributed by atoms with Crippen molar-refractivity contribution in [2.24, 2.45) is 0 Å². The minimum Gasteiger partial charge on any atom is -0.392 e. The van der Waals surface area contributed by atoms with Crippen molar-refractivity contribution >= 4 is 11.0 Å². The van der Waals surface area contributed by atoms with Gasteiger partial charge in [-0.3, -0.25) is 5.10 Å². The standard InChI is InChI=1S/C18H15FN4O/c1-10-6-15-16(7-13(10)19)21-18(20-15)17-8-14(22-23-17)12-4-2-11(9-24)3-5-12/h2-8,24H,9H2,1H3,(H,20,21)(H,22,23). The predicted octanol–water partition coefficient (Wildman–Crippen LogP) is 3.56. The smallest absolute Gasteiger partial charge is 0.156 e. The average molecular weight is 322 g/mol. The van der Waals surface area contributed by atoms with E-state index in [-0.39, 0.29) is 12.4 Å². The van der Waals surface area contributed by atoms with E-state index in [0.29, 0.717) is 16.9 Å². The van der Waals surface area contributed by atoms with Crippen LogP contribution >= 0.6 is 0 Å². The molecule has 0 amide bonds. The van der Waals surface area contributed by atoms with E-state index in [1.54, 1.807) is 13.0 Å². The summed E-state index contributed by atoms with van der Waals surface area (Å²) >= 11 is 0. The molecule has 0 fully saturated rings. The highest BCUT2D eigenvalue weighted by Gasteiger charge is 2.11. The van der Waals surface area contributed by atoms with Gasteiger partial charge in [0, 0.05) is 11.6 Å². The minimum absolute atomic E-state index is 0.0149. The number of aliphatic hydroxyl groups is 1. The van der Waals surface area contributed by atoms with Gasteiger partial charge in [0.05, 0.1) is 23.3 Å². The number of aliphatic hydroxyl groups excluding tert-OH is 1. The van der Waals surface area contributed by atoms with Crippen LogP contribution in [0.3, 0.4) is 0 Å². The molecule has 4 aromatic rings. The molecule has 6 heteroatoms. The molecule has 0 aliphatic heterocycles. The van der Waals surface area contributed by atoms with Crippen LogP contribution in [0.25, 0.3) is 33.8 Å². The van der Waals surface area contributed by atoms with Crippen LogP contribution in [0.2, 0.25) is 0 Å². The molecule has 5 nitrogen and oxygen atoms in total. The van der Waals surface area contributed by atoms with Gasteiger partial charge in [-0.2, -0.15) is 5.10 Å². The van der Waals surface area contributed by atoms with Gasteiger partial charge in [0.2, 0.25) is 0 Å². The number of aromatic nitrogens is 4. The molecular weight excluding hydrogens is 307 g/mol. The molecule has 2 aromatic carbocycles. The van der Waals surface area contributed by atoms with Crippen LogP contribution in [0.1, 0.15) is 11.1 Å². The molecular formula is C18H15FN4O. The molecule has 0 atom stereocenters. The van der Waals surface area contributed by atoms with Gasteiger partial charge in [-0.15, -0.1) is 0 Å². The summed E-state index contributed by atoms with van der Waals surface area (Å²) in [7, 11) is 0. The second-order valence-corrected chi connectivity index (χ2v) is 5.73. The lowest BCUT2D eigenvalue weighted by Crippen LogP contribution is -1.83. The highest BCUT2D eigenvalue weighted by Crippen LogP contribution is 2.25. The number of H-pyrrole nitrogens is 2. The molecule has 24 heavy (non-hydrogen) atoms. The van der Waals surface area contributed by atoms with E-state index in [1.165, 1.54) is 6.07 Å². The molecule has 0 spiro atoms. The fourth-order valence-corrected chi connectivity index (χ4v) is 2.64. The average Bonchev–Trinajstić information content (AvgIpc) is 3.22. The van der Waals surface area contributed by atoms with Gasteiger partial charge in [0.15, 0.2) is 5.82 Å². The fourth-order valence-electron chi connectivity index (χ4n) is 2.64. The molecule has 0 radical (unpaired) electrons. The maximum Gasteiger partial charge on any atom is 0.156 e. The molecule has 120 valence electrons. The Balaban J connectivity index is 1.71. The Morgan fingerprint density at radius 1 is 1.12 bits per heavy atom. The van der Waals surface area contributed by atoms with Gasteiger partial charge < -0.3 is 10.1 Å². The Kier molecular flexibility index (Phi) is 3.39. The predicted molar refractivity (Wildman–Crippen MR) is 89.7 cm³/mol. The van der Waals surface area contributed by atoms with Gasteiger partial charge in [-0.1, -0.05) is 24.3 Å². The molecule has 0 saturated heterocycles. The number of benzene rings is 2. The number of hydrogen-bond donors (Lipinski definition) is 3.